The second-order valence-electron chi connectivity index (χ2n) is 6.64. The van der Waals surface area contributed by atoms with Gasteiger partial charge in [0.15, 0.2) is 0 Å². The second-order valence-corrected chi connectivity index (χ2v) is 6.64. The van der Waals surface area contributed by atoms with E-state index in [1.54, 1.807) is 19.9 Å². The van der Waals surface area contributed by atoms with Crippen LogP contribution in [0.15, 0.2) is 53.6 Å². The number of hydrogen-bond acceptors (Lipinski definition) is 6. The molecule has 0 spiro atoms. The number of hydrogen-bond donors (Lipinski definition) is 1. The highest BCUT2D eigenvalue weighted by molar-refractivity contribution is 5.92. The van der Waals surface area contributed by atoms with E-state index >= 15 is 0 Å². The molecule has 0 amide bonds. The van der Waals surface area contributed by atoms with Gasteiger partial charge in [0, 0.05) is 0 Å². The molecule has 1 aromatic rings. The van der Waals surface area contributed by atoms with Crippen molar-refractivity contribution in [2.24, 2.45) is 5.73 Å². The van der Waals surface area contributed by atoms with E-state index in [0.717, 1.165) is 16.9 Å². The van der Waals surface area contributed by atoms with Gasteiger partial charge in [0.25, 0.3) is 0 Å². The zero-order chi connectivity index (χ0) is 20.8. The Balaban J connectivity index is 2.63. The first-order chi connectivity index (χ1) is 13.3. The number of ether oxygens (including phenoxy) is 3. The van der Waals surface area contributed by atoms with Gasteiger partial charge >= 0.3 is 5.97 Å². The van der Waals surface area contributed by atoms with Crippen LogP contribution in [0.5, 0.6) is 5.75 Å². The van der Waals surface area contributed by atoms with Crippen LogP contribution in [0, 0.1) is 11.3 Å². The molecule has 6 heteroatoms. The number of rotatable bonds is 7. The summed E-state index contributed by atoms with van der Waals surface area (Å²) in [6.45, 7) is 11.3. The Morgan fingerprint density at radius 2 is 2.18 bits per heavy atom. The number of benzene rings is 1. The predicted molar refractivity (Wildman–Crippen MR) is 106 cm³/mol. The van der Waals surface area contributed by atoms with E-state index in [0.29, 0.717) is 12.2 Å². The van der Waals surface area contributed by atoms with Crippen LogP contribution >= 0.6 is 0 Å². The highest BCUT2D eigenvalue weighted by Crippen LogP contribution is 2.40. The standard InChI is InChI=1S/C22H26N2O4/c1-6-8-15-11-16(9-10-18(15)27-13(3)4)20-17(12-23)21(24)28-14(5)19(20)22(25)26-7-2/h6,9-11,13,20H,1,7-8,24H2,2-5H3. The highest BCUT2D eigenvalue weighted by atomic mass is 16.5. The minimum atomic E-state index is -0.672. The van der Waals surface area contributed by atoms with E-state index in [2.05, 4.69) is 12.6 Å². The molecule has 6 nitrogen and oxygen atoms in total. The topological polar surface area (TPSA) is 94.6 Å². The van der Waals surface area contributed by atoms with Crippen molar-refractivity contribution in [2.75, 3.05) is 6.61 Å². The molecular formula is C22H26N2O4. The van der Waals surface area contributed by atoms with E-state index in [-0.39, 0.29) is 29.7 Å². The third-order valence-corrected chi connectivity index (χ3v) is 4.25. The van der Waals surface area contributed by atoms with Crippen molar-refractivity contribution in [1.29, 1.82) is 5.26 Å². The maximum Gasteiger partial charge on any atom is 0.338 e. The van der Waals surface area contributed by atoms with Gasteiger partial charge in [-0.05, 0) is 51.3 Å². The average Bonchev–Trinajstić information content (AvgIpc) is 2.62. The molecule has 1 aromatic carbocycles. The Morgan fingerprint density at radius 3 is 2.75 bits per heavy atom. The molecule has 2 rings (SSSR count). The zero-order valence-electron chi connectivity index (χ0n) is 16.7. The lowest BCUT2D eigenvalue weighted by atomic mass is 9.82. The van der Waals surface area contributed by atoms with Gasteiger partial charge in [0.2, 0.25) is 5.88 Å². The van der Waals surface area contributed by atoms with Gasteiger partial charge in [-0.25, -0.2) is 4.79 Å². The number of nitriles is 1. The molecule has 0 aliphatic carbocycles. The lowest BCUT2D eigenvalue weighted by Crippen LogP contribution is -2.25. The van der Waals surface area contributed by atoms with Crippen LogP contribution in [-0.2, 0) is 20.7 Å². The maximum atomic E-state index is 12.6. The molecule has 1 heterocycles. The molecule has 1 aliphatic heterocycles. The number of allylic oxidation sites excluding steroid dienone is 3. The predicted octanol–water partition coefficient (Wildman–Crippen LogP) is 3.85. The summed E-state index contributed by atoms with van der Waals surface area (Å²) in [5.74, 6) is -0.148. The molecule has 1 aliphatic rings. The van der Waals surface area contributed by atoms with E-state index in [1.807, 2.05) is 32.0 Å². The van der Waals surface area contributed by atoms with Crippen molar-refractivity contribution in [1.82, 2.24) is 0 Å². The van der Waals surface area contributed by atoms with Crippen LogP contribution in [0.3, 0.4) is 0 Å². The van der Waals surface area contributed by atoms with E-state index in [4.69, 9.17) is 19.9 Å². The maximum absolute atomic E-state index is 12.6. The van der Waals surface area contributed by atoms with Gasteiger partial charge in [0.05, 0.1) is 24.2 Å². The average molecular weight is 382 g/mol. The molecule has 0 radical (unpaired) electrons. The smallest absolute Gasteiger partial charge is 0.338 e. The molecule has 1 atom stereocenters. The third-order valence-electron chi connectivity index (χ3n) is 4.25. The van der Waals surface area contributed by atoms with Crippen molar-refractivity contribution in [3.05, 3.63) is 64.8 Å². The summed E-state index contributed by atoms with van der Waals surface area (Å²) >= 11 is 0. The summed E-state index contributed by atoms with van der Waals surface area (Å²) in [6, 6.07) is 7.66. The summed E-state index contributed by atoms with van der Waals surface area (Å²) in [4.78, 5) is 12.6. The number of carbonyl (C=O) groups excluding carboxylic acids is 1. The Morgan fingerprint density at radius 1 is 1.46 bits per heavy atom. The summed E-state index contributed by atoms with van der Waals surface area (Å²) in [5, 5.41) is 9.67. The molecule has 0 saturated carbocycles. The van der Waals surface area contributed by atoms with E-state index in [1.165, 1.54) is 0 Å². The van der Waals surface area contributed by atoms with Crippen LogP contribution in [0.25, 0.3) is 0 Å². The van der Waals surface area contributed by atoms with Gasteiger partial charge < -0.3 is 19.9 Å². The fourth-order valence-corrected chi connectivity index (χ4v) is 3.15. The van der Waals surface area contributed by atoms with Crippen molar-refractivity contribution >= 4 is 5.97 Å². The largest absolute Gasteiger partial charge is 0.491 e. The molecule has 0 bridgehead atoms. The molecule has 0 saturated heterocycles. The first kappa shape index (κ1) is 21.1. The second kappa shape index (κ2) is 9.14. The van der Waals surface area contributed by atoms with Gasteiger partial charge in [-0.15, -0.1) is 6.58 Å². The molecule has 0 fully saturated rings. The monoisotopic (exact) mass is 382 g/mol. The van der Waals surface area contributed by atoms with Gasteiger partial charge in [-0.2, -0.15) is 5.26 Å². The number of nitrogens with two attached hydrogens (primary N) is 1. The van der Waals surface area contributed by atoms with Crippen LogP contribution in [0.4, 0.5) is 0 Å². The molecule has 148 valence electrons. The third kappa shape index (κ3) is 4.37. The van der Waals surface area contributed by atoms with Crippen LogP contribution in [0.1, 0.15) is 44.7 Å². The first-order valence-electron chi connectivity index (χ1n) is 9.19. The summed E-state index contributed by atoms with van der Waals surface area (Å²) in [5.41, 5.74) is 8.03. The van der Waals surface area contributed by atoms with Crippen molar-refractivity contribution in [2.45, 2.75) is 46.1 Å². The first-order valence-corrected chi connectivity index (χ1v) is 9.19. The minimum Gasteiger partial charge on any atom is -0.491 e. The number of esters is 1. The Labute approximate surface area is 165 Å². The fraction of sp³-hybridized carbons (Fsp3) is 0.364. The molecular weight excluding hydrogens is 356 g/mol. The van der Waals surface area contributed by atoms with Crippen molar-refractivity contribution in [3.63, 3.8) is 0 Å². The van der Waals surface area contributed by atoms with E-state index in [9.17, 15) is 10.1 Å². The van der Waals surface area contributed by atoms with Gasteiger partial charge in [-0.1, -0.05) is 18.2 Å². The molecule has 0 aromatic heterocycles. The SMILES string of the molecule is C=CCc1cc(C2C(C#N)=C(N)OC(C)=C2C(=O)OCC)ccc1OC(C)C. The Hall–Kier alpha value is -3.20. The van der Waals surface area contributed by atoms with Gasteiger partial charge in [-0.3, -0.25) is 0 Å². The normalized spacial score (nSPS) is 16.5. The lowest BCUT2D eigenvalue weighted by molar-refractivity contribution is -0.139. The zero-order valence-corrected chi connectivity index (χ0v) is 16.7. The van der Waals surface area contributed by atoms with Crippen LogP contribution in [0.2, 0.25) is 0 Å². The quantitative estimate of drug-likeness (QED) is 0.569. The van der Waals surface area contributed by atoms with Crippen LogP contribution in [-0.4, -0.2) is 18.7 Å². The van der Waals surface area contributed by atoms with Crippen LogP contribution < -0.4 is 10.5 Å². The van der Waals surface area contributed by atoms with Crippen molar-refractivity contribution in [3.8, 4) is 11.8 Å². The molecule has 28 heavy (non-hydrogen) atoms. The lowest BCUT2D eigenvalue weighted by Gasteiger charge is -2.27. The van der Waals surface area contributed by atoms with E-state index < -0.39 is 11.9 Å². The molecule has 1 unspecified atom stereocenters. The summed E-state index contributed by atoms with van der Waals surface area (Å²) < 4.78 is 16.5. The Kier molecular flexibility index (Phi) is 6.89. The van der Waals surface area contributed by atoms with Gasteiger partial charge in [0.1, 0.15) is 23.2 Å². The molecule has 2 N–H and O–H groups in total. The summed E-state index contributed by atoms with van der Waals surface area (Å²) in [6.07, 6.45) is 2.37. The number of carbonyl (C=O) groups is 1. The number of nitrogens with zero attached hydrogens (tertiary/aromatic N) is 1. The van der Waals surface area contributed by atoms with Crippen molar-refractivity contribution < 1.29 is 19.0 Å². The Bertz CT molecular complexity index is 875. The minimum absolute atomic E-state index is 0.00849. The summed E-state index contributed by atoms with van der Waals surface area (Å²) in [7, 11) is 0. The fourth-order valence-electron chi connectivity index (χ4n) is 3.15. The highest BCUT2D eigenvalue weighted by Gasteiger charge is 2.36.